The van der Waals surface area contributed by atoms with Crippen LogP contribution in [0.15, 0.2) is 23.8 Å². The maximum Gasteiger partial charge on any atom is 0.273 e. The molecule has 6 heteroatoms. The SMILES string of the molecule is CCc1ccc(/C=C(\C#N)C(=O)N[C@@H]2CCCC[C@H]2C)cc1[N+](=O)[O-]. The zero-order valence-corrected chi connectivity index (χ0v) is 14.6. The highest BCUT2D eigenvalue weighted by Crippen LogP contribution is 2.25. The van der Waals surface area contributed by atoms with Crippen LogP contribution in [-0.2, 0) is 11.2 Å². The number of nitriles is 1. The summed E-state index contributed by atoms with van der Waals surface area (Å²) >= 11 is 0. The number of rotatable bonds is 5. The molecule has 0 spiro atoms. The highest BCUT2D eigenvalue weighted by Gasteiger charge is 2.24. The van der Waals surface area contributed by atoms with Gasteiger partial charge in [-0.3, -0.25) is 14.9 Å². The lowest BCUT2D eigenvalue weighted by Gasteiger charge is -2.29. The van der Waals surface area contributed by atoms with E-state index >= 15 is 0 Å². The Kier molecular flexibility index (Phi) is 6.29. The van der Waals surface area contributed by atoms with Crippen molar-refractivity contribution in [2.45, 2.75) is 52.0 Å². The minimum absolute atomic E-state index is 0.00912. The summed E-state index contributed by atoms with van der Waals surface area (Å²) in [6.07, 6.45) is 6.19. The van der Waals surface area contributed by atoms with Crippen molar-refractivity contribution in [2.24, 2.45) is 5.92 Å². The highest BCUT2D eigenvalue weighted by molar-refractivity contribution is 6.01. The molecule has 0 saturated heterocycles. The van der Waals surface area contributed by atoms with Gasteiger partial charge in [0.25, 0.3) is 11.6 Å². The predicted octanol–water partition coefficient (Wildman–Crippen LogP) is 3.76. The van der Waals surface area contributed by atoms with Crippen LogP contribution in [0, 0.1) is 27.4 Å². The largest absolute Gasteiger partial charge is 0.348 e. The minimum atomic E-state index is -0.438. The van der Waals surface area contributed by atoms with Gasteiger partial charge in [0, 0.05) is 17.7 Å². The number of hydrogen-bond acceptors (Lipinski definition) is 4. The Balaban J connectivity index is 2.22. The Morgan fingerprint density at radius 1 is 1.44 bits per heavy atom. The van der Waals surface area contributed by atoms with Gasteiger partial charge in [-0.15, -0.1) is 0 Å². The van der Waals surface area contributed by atoms with E-state index in [0.717, 1.165) is 19.3 Å². The number of benzene rings is 1. The fraction of sp³-hybridized carbons (Fsp3) is 0.474. The highest BCUT2D eigenvalue weighted by atomic mass is 16.6. The first-order valence-electron chi connectivity index (χ1n) is 8.66. The fourth-order valence-electron chi connectivity index (χ4n) is 3.23. The molecule has 0 aromatic heterocycles. The predicted molar refractivity (Wildman–Crippen MR) is 95.6 cm³/mol. The smallest absolute Gasteiger partial charge is 0.273 e. The molecule has 0 aliphatic heterocycles. The van der Waals surface area contributed by atoms with Gasteiger partial charge in [0.2, 0.25) is 0 Å². The van der Waals surface area contributed by atoms with Gasteiger partial charge in [-0.1, -0.05) is 38.8 Å². The van der Waals surface area contributed by atoms with Crippen molar-refractivity contribution >= 4 is 17.7 Å². The Morgan fingerprint density at radius 3 is 2.76 bits per heavy atom. The van der Waals surface area contributed by atoms with Crippen molar-refractivity contribution in [3.63, 3.8) is 0 Å². The number of nitro benzene ring substituents is 1. The summed E-state index contributed by atoms with van der Waals surface area (Å²) in [6, 6.07) is 6.76. The monoisotopic (exact) mass is 341 g/mol. The summed E-state index contributed by atoms with van der Waals surface area (Å²) in [5.74, 6) is -0.0222. The van der Waals surface area contributed by atoms with Crippen molar-refractivity contribution in [3.05, 3.63) is 45.0 Å². The maximum absolute atomic E-state index is 12.4. The van der Waals surface area contributed by atoms with Crippen molar-refractivity contribution in [1.82, 2.24) is 5.32 Å². The summed E-state index contributed by atoms with van der Waals surface area (Å²) in [7, 11) is 0. The van der Waals surface area contributed by atoms with E-state index in [1.165, 1.54) is 18.6 Å². The minimum Gasteiger partial charge on any atom is -0.348 e. The van der Waals surface area contributed by atoms with Crippen LogP contribution in [0.5, 0.6) is 0 Å². The zero-order chi connectivity index (χ0) is 18.4. The Bertz CT molecular complexity index is 734. The molecule has 1 saturated carbocycles. The number of aryl methyl sites for hydroxylation is 1. The van der Waals surface area contributed by atoms with Crippen LogP contribution in [0.3, 0.4) is 0 Å². The third-order valence-corrected chi connectivity index (χ3v) is 4.79. The van der Waals surface area contributed by atoms with Crippen LogP contribution in [0.1, 0.15) is 50.7 Å². The van der Waals surface area contributed by atoms with Gasteiger partial charge < -0.3 is 5.32 Å². The second-order valence-electron chi connectivity index (χ2n) is 6.51. The van der Waals surface area contributed by atoms with Crippen LogP contribution < -0.4 is 5.32 Å². The van der Waals surface area contributed by atoms with E-state index in [1.807, 2.05) is 13.0 Å². The lowest BCUT2D eigenvalue weighted by molar-refractivity contribution is -0.385. The standard InChI is InChI=1S/C19H23N3O3/c1-3-15-9-8-14(11-18(15)22(24)25)10-16(12-20)19(23)21-17-7-5-4-6-13(17)2/h8-11,13,17H,3-7H2,1-2H3,(H,21,23)/b16-10+/t13-,17-/m1/s1. The van der Waals surface area contributed by atoms with Gasteiger partial charge in [-0.05, 0) is 36.8 Å². The molecule has 1 fully saturated rings. The van der Waals surface area contributed by atoms with E-state index in [9.17, 15) is 20.2 Å². The molecule has 6 nitrogen and oxygen atoms in total. The van der Waals surface area contributed by atoms with E-state index in [0.29, 0.717) is 23.5 Å². The fourth-order valence-corrected chi connectivity index (χ4v) is 3.23. The van der Waals surface area contributed by atoms with E-state index in [1.54, 1.807) is 12.1 Å². The molecule has 1 aromatic carbocycles. The van der Waals surface area contributed by atoms with Crippen molar-refractivity contribution in [2.75, 3.05) is 0 Å². The van der Waals surface area contributed by atoms with Crippen LogP contribution in [-0.4, -0.2) is 16.9 Å². The van der Waals surface area contributed by atoms with Crippen LogP contribution >= 0.6 is 0 Å². The van der Waals surface area contributed by atoms with Crippen molar-refractivity contribution < 1.29 is 9.72 Å². The Labute approximate surface area is 147 Å². The van der Waals surface area contributed by atoms with Gasteiger partial charge in [0.15, 0.2) is 0 Å². The average Bonchev–Trinajstić information content (AvgIpc) is 2.61. The number of nitro groups is 1. The molecule has 132 valence electrons. The third kappa shape index (κ3) is 4.66. The lowest BCUT2D eigenvalue weighted by atomic mass is 9.86. The molecule has 2 atom stereocenters. The molecule has 2 rings (SSSR count). The molecule has 0 bridgehead atoms. The molecule has 1 N–H and O–H groups in total. The summed E-state index contributed by atoms with van der Waals surface area (Å²) < 4.78 is 0. The van der Waals surface area contributed by atoms with Gasteiger partial charge in [0.05, 0.1) is 4.92 Å². The first kappa shape index (κ1) is 18.7. The first-order chi connectivity index (χ1) is 12.0. The van der Waals surface area contributed by atoms with Crippen LogP contribution in [0.4, 0.5) is 5.69 Å². The Morgan fingerprint density at radius 2 is 2.16 bits per heavy atom. The lowest BCUT2D eigenvalue weighted by Crippen LogP contribution is -2.41. The normalized spacial score (nSPS) is 20.6. The number of nitrogens with one attached hydrogen (secondary N) is 1. The van der Waals surface area contributed by atoms with Gasteiger partial charge in [-0.25, -0.2) is 0 Å². The number of carbonyl (C=O) groups excluding carboxylic acids is 1. The molecular weight excluding hydrogens is 318 g/mol. The van der Waals surface area contributed by atoms with E-state index < -0.39 is 10.8 Å². The zero-order valence-electron chi connectivity index (χ0n) is 14.6. The average molecular weight is 341 g/mol. The summed E-state index contributed by atoms with van der Waals surface area (Å²) in [5.41, 5.74) is 1.08. The molecule has 25 heavy (non-hydrogen) atoms. The number of amides is 1. The Hall–Kier alpha value is -2.68. The summed E-state index contributed by atoms with van der Waals surface area (Å²) in [6.45, 7) is 3.95. The summed E-state index contributed by atoms with van der Waals surface area (Å²) in [4.78, 5) is 23.1. The van der Waals surface area contributed by atoms with Crippen molar-refractivity contribution in [3.8, 4) is 6.07 Å². The number of carbonyl (C=O) groups is 1. The van der Waals surface area contributed by atoms with Crippen LogP contribution in [0.25, 0.3) is 6.08 Å². The quantitative estimate of drug-likeness (QED) is 0.382. The number of nitrogens with zero attached hydrogens (tertiary/aromatic N) is 2. The first-order valence-corrected chi connectivity index (χ1v) is 8.66. The molecule has 0 radical (unpaired) electrons. The molecule has 1 aliphatic rings. The second-order valence-corrected chi connectivity index (χ2v) is 6.51. The second kappa shape index (κ2) is 8.43. The van der Waals surface area contributed by atoms with E-state index in [-0.39, 0.29) is 17.3 Å². The van der Waals surface area contributed by atoms with Gasteiger partial charge in [-0.2, -0.15) is 5.26 Å². The van der Waals surface area contributed by atoms with E-state index in [4.69, 9.17) is 0 Å². The van der Waals surface area contributed by atoms with Crippen molar-refractivity contribution in [1.29, 1.82) is 5.26 Å². The molecule has 1 aromatic rings. The van der Waals surface area contributed by atoms with Crippen LogP contribution in [0.2, 0.25) is 0 Å². The third-order valence-electron chi connectivity index (χ3n) is 4.79. The number of hydrogen-bond donors (Lipinski definition) is 1. The molecule has 1 amide bonds. The topological polar surface area (TPSA) is 96.0 Å². The molecule has 0 heterocycles. The van der Waals surface area contributed by atoms with Gasteiger partial charge in [0.1, 0.15) is 11.6 Å². The maximum atomic E-state index is 12.4. The molecule has 0 unspecified atom stereocenters. The molecule has 1 aliphatic carbocycles. The molecular formula is C19H23N3O3. The van der Waals surface area contributed by atoms with E-state index in [2.05, 4.69) is 12.2 Å². The summed E-state index contributed by atoms with van der Waals surface area (Å²) in [5, 5.41) is 23.4. The van der Waals surface area contributed by atoms with Gasteiger partial charge >= 0.3 is 0 Å².